The summed E-state index contributed by atoms with van der Waals surface area (Å²) < 4.78 is 5.23. The van der Waals surface area contributed by atoms with Crippen LogP contribution < -0.4 is 10.8 Å². The number of hydrogen-bond donors (Lipinski definition) is 2. The van der Waals surface area contributed by atoms with Crippen LogP contribution in [0, 0.1) is 12.3 Å². The van der Waals surface area contributed by atoms with E-state index in [0.29, 0.717) is 25.1 Å². The lowest BCUT2D eigenvalue weighted by atomic mass is 9.75. The number of rotatable bonds is 4. The Labute approximate surface area is 135 Å². The first-order chi connectivity index (χ1) is 11.2. The van der Waals surface area contributed by atoms with Crippen molar-refractivity contribution in [1.82, 2.24) is 0 Å². The molecule has 0 atom stereocenters. The zero-order chi connectivity index (χ0) is 16.2. The molecule has 1 amide bonds. The van der Waals surface area contributed by atoms with Gasteiger partial charge in [0.15, 0.2) is 0 Å². The van der Waals surface area contributed by atoms with Crippen molar-refractivity contribution in [2.45, 2.75) is 19.4 Å². The van der Waals surface area contributed by atoms with Crippen molar-refractivity contribution >= 4 is 24.2 Å². The molecule has 0 aliphatic carbocycles. The zero-order valence-electron chi connectivity index (χ0n) is 12.6. The lowest BCUT2D eigenvalue weighted by Gasteiger charge is -2.09. The maximum absolute atomic E-state index is 12.1. The van der Waals surface area contributed by atoms with Gasteiger partial charge in [-0.05, 0) is 41.2 Å². The number of amides is 1. The Morgan fingerprint density at radius 2 is 2.17 bits per heavy atom. The predicted octanol–water partition coefficient (Wildman–Crippen LogP) is 1.46. The Hall–Kier alpha value is -2.55. The third kappa shape index (κ3) is 3.45. The summed E-state index contributed by atoms with van der Waals surface area (Å²) in [5.74, 6) is 2.45. The first-order valence-electron chi connectivity index (χ1n) is 7.44. The summed E-state index contributed by atoms with van der Waals surface area (Å²) in [6.07, 6.45) is 6.22. The monoisotopic (exact) mass is 305 g/mol. The van der Waals surface area contributed by atoms with E-state index in [1.807, 2.05) is 30.3 Å². The molecule has 114 valence electrons. The minimum atomic E-state index is -0.892. The van der Waals surface area contributed by atoms with Crippen molar-refractivity contribution in [3.63, 3.8) is 0 Å². The third-order valence-corrected chi connectivity index (χ3v) is 3.86. The Kier molecular flexibility index (Phi) is 4.47. The molecule has 23 heavy (non-hydrogen) atoms. The first kappa shape index (κ1) is 15.4. The van der Waals surface area contributed by atoms with E-state index in [2.05, 4.69) is 11.2 Å². The molecule has 0 fully saturated rings. The van der Waals surface area contributed by atoms with Crippen LogP contribution in [0.1, 0.15) is 23.1 Å². The van der Waals surface area contributed by atoms with Crippen LogP contribution in [0.2, 0.25) is 0 Å². The Morgan fingerprint density at radius 3 is 3.00 bits per heavy atom. The van der Waals surface area contributed by atoms with Gasteiger partial charge >= 0.3 is 7.12 Å². The molecule has 2 aromatic rings. The summed E-state index contributed by atoms with van der Waals surface area (Å²) in [6, 6.07) is 13.0. The molecule has 0 spiro atoms. The minimum absolute atomic E-state index is 0.0924. The molecule has 0 saturated carbocycles. The van der Waals surface area contributed by atoms with Gasteiger partial charge in [-0.25, -0.2) is 0 Å². The van der Waals surface area contributed by atoms with E-state index in [0.717, 1.165) is 22.2 Å². The lowest BCUT2D eigenvalue weighted by Crippen LogP contribution is -2.31. The molecular weight excluding hydrogens is 289 g/mol. The van der Waals surface area contributed by atoms with E-state index in [9.17, 15) is 9.82 Å². The average Bonchev–Trinajstić information content (AvgIpc) is 2.95. The summed E-state index contributed by atoms with van der Waals surface area (Å²) in [4.78, 5) is 12.1. The highest BCUT2D eigenvalue weighted by Crippen LogP contribution is 2.15. The van der Waals surface area contributed by atoms with E-state index >= 15 is 0 Å². The van der Waals surface area contributed by atoms with E-state index < -0.39 is 7.12 Å². The number of nitrogens with one attached hydrogen (secondary N) is 1. The molecule has 2 aromatic carbocycles. The maximum atomic E-state index is 12.1. The molecule has 0 unspecified atom stereocenters. The minimum Gasteiger partial charge on any atom is -0.423 e. The standard InChI is InChI=1S/C18H16BNO3/c1-2-13-5-3-8-16(11-13)20-17(21)10-9-14-6-4-7-15-12-23-19(22)18(14)15/h1,3-8,11,22H,9-10,12H2,(H,20,21). The summed E-state index contributed by atoms with van der Waals surface area (Å²) in [6.45, 7) is 0.412. The summed E-state index contributed by atoms with van der Waals surface area (Å²) in [5.41, 5.74) is 4.14. The quantitative estimate of drug-likeness (QED) is 0.664. The van der Waals surface area contributed by atoms with Crippen LogP contribution in [-0.4, -0.2) is 18.0 Å². The number of anilines is 1. The highest BCUT2D eigenvalue weighted by molar-refractivity contribution is 6.62. The van der Waals surface area contributed by atoms with Gasteiger partial charge in [-0.15, -0.1) is 6.42 Å². The maximum Gasteiger partial charge on any atom is 0.492 e. The van der Waals surface area contributed by atoms with Crippen molar-refractivity contribution in [2.75, 3.05) is 5.32 Å². The fraction of sp³-hybridized carbons (Fsp3) is 0.167. The molecule has 5 heteroatoms. The van der Waals surface area contributed by atoms with E-state index in [1.165, 1.54) is 0 Å². The van der Waals surface area contributed by atoms with Gasteiger partial charge < -0.3 is 15.0 Å². The molecule has 1 aliphatic heterocycles. The SMILES string of the molecule is C#Cc1cccc(NC(=O)CCc2cccc3c2B(O)OC3)c1. The van der Waals surface area contributed by atoms with Gasteiger partial charge in [-0.2, -0.15) is 0 Å². The Balaban J connectivity index is 1.64. The van der Waals surface area contributed by atoms with Gasteiger partial charge in [0.2, 0.25) is 5.91 Å². The smallest absolute Gasteiger partial charge is 0.423 e. The highest BCUT2D eigenvalue weighted by atomic mass is 16.5. The number of carbonyl (C=O) groups is 1. The van der Waals surface area contributed by atoms with Crippen LogP contribution in [0.4, 0.5) is 5.69 Å². The summed E-state index contributed by atoms with van der Waals surface area (Å²) in [7, 11) is -0.892. The fourth-order valence-electron chi connectivity index (χ4n) is 2.74. The topological polar surface area (TPSA) is 58.6 Å². The second-order valence-corrected chi connectivity index (χ2v) is 5.43. The van der Waals surface area contributed by atoms with Gasteiger partial charge in [0.05, 0.1) is 6.61 Å². The van der Waals surface area contributed by atoms with Crippen molar-refractivity contribution in [3.8, 4) is 12.3 Å². The van der Waals surface area contributed by atoms with Gasteiger partial charge in [0, 0.05) is 17.7 Å². The Bertz CT molecular complexity index is 782. The van der Waals surface area contributed by atoms with Crippen molar-refractivity contribution < 1.29 is 14.5 Å². The van der Waals surface area contributed by atoms with Gasteiger partial charge in [0.1, 0.15) is 0 Å². The van der Waals surface area contributed by atoms with E-state index in [4.69, 9.17) is 11.1 Å². The normalized spacial score (nSPS) is 12.6. The highest BCUT2D eigenvalue weighted by Gasteiger charge is 2.29. The molecule has 0 radical (unpaired) electrons. The van der Waals surface area contributed by atoms with Gasteiger partial charge in [0.25, 0.3) is 0 Å². The number of fused-ring (bicyclic) bond motifs is 1. The molecule has 2 N–H and O–H groups in total. The lowest BCUT2D eigenvalue weighted by molar-refractivity contribution is -0.116. The average molecular weight is 305 g/mol. The second-order valence-electron chi connectivity index (χ2n) is 5.43. The molecule has 0 saturated heterocycles. The van der Waals surface area contributed by atoms with Crippen LogP contribution >= 0.6 is 0 Å². The van der Waals surface area contributed by atoms with Crippen LogP contribution in [-0.2, 0) is 22.5 Å². The predicted molar refractivity (Wildman–Crippen MR) is 90.2 cm³/mol. The van der Waals surface area contributed by atoms with E-state index in [-0.39, 0.29) is 5.91 Å². The molecule has 0 aromatic heterocycles. The molecule has 1 aliphatic rings. The second kappa shape index (κ2) is 6.70. The first-order valence-corrected chi connectivity index (χ1v) is 7.44. The molecule has 0 bridgehead atoms. The largest absolute Gasteiger partial charge is 0.492 e. The van der Waals surface area contributed by atoms with Crippen LogP contribution in [0.5, 0.6) is 0 Å². The number of hydrogen-bond acceptors (Lipinski definition) is 3. The Morgan fingerprint density at radius 1 is 1.35 bits per heavy atom. The van der Waals surface area contributed by atoms with Crippen molar-refractivity contribution in [3.05, 3.63) is 59.2 Å². The van der Waals surface area contributed by atoms with Crippen LogP contribution in [0.3, 0.4) is 0 Å². The molecule has 4 nitrogen and oxygen atoms in total. The molecule has 1 heterocycles. The zero-order valence-corrected chi connectivity index (χ0v) is 12.6. The number of terminal acetylenes is 1. The third-order valence-electron chi connectivity index (χ3n) is 3.86. The van der Waals surface area contributed by atoms with E-state index in [1.54, 1.807) is 12.1 Å². The van der Waals surface area contributed by atoms with Crippen molar-refractivity contribution in [1.29, 1.82) is 0 Å². The molecule has 3 rings (SSSR count). The van der Waals surface area contributed by atoms with Crippen molar-refractivity contribution in [2.24, 2.45) is 0 Å². The van der Waals surface area contributed by atoms with Gasteiger partial charge in [-0.1, -0.05) is 30.2 Å². The summed E-state index contributed by atoms with van der Waals surface area (Å²) >= 11 is 0. The number of benzene rings is 2. The van der Waals surface area contributed by atoms with Crippen LogP contribution in [0.25, 0.3) is 0 Å². The van der Waals surface area contributed by atoms with Crippen LogP contribution in [0.15, 0.2) is 42.5 Å². The fourth-order valence-corrected chi connectivity index (χ4v) is 2.74. The van der Waals surface area contributed by atoms with Gasteiger partial charge in [-0.3, -0.25) is 4.79 Å². The molecular formula is C18H16BNO3. The number of aryl methyl sites for hydroxylation is 1. The number of carbonyl (C=O) groups excluding carboxylic acids is 1. The summed E-state index contributed by atoms with van der Waals surface area (Å²) in [5, 5.41) is 12.7.